The largest absolute Gasteiger partial charge is 0.494 e. The third kappa shape index (κ3) is 9.24. The second-order valence-corrected chi connectivity index (χ2v) is 6.73. The standard InChI is InChI=1S/C23H25F3N2O5/c1-2-32-18-7-3-16(4-8-18)15-20(22(31)27-12-13-29)28-21(30)17-5-9-19(10-6-17)33-14-11-23(24,25)26/h3-10,15,29H,2,11-14H2,1H3,(H,27,31)(H,28,30). The normalized spacial score (nSPS) is 11.6. The number of amides is 2. The number of aliphatic hydroxyl groups is 1. The number of benzene rings is 2. The van der Waals surface area contributed by atoms with E-state index in [1.54, 1.807) is 24.3 Å². The van der Waals surface area contributed by atoms with Crippen molar-refractivity contribution in [3.05, 3.63) is 65.4 Å². The number of rotatable bonds is 11. The Morgan fingerprint density at radius 3 is 2.18 bits per heavy atom. The molecule has 2 amide bonds. The first-order valence-electron chi connectivity index (χ1n) is 10.2. The van der Waals surface area contributed by atoms with Crippen LogP contribution in [-0.4, -0.2) is 49.5 Å². The maximum Gasteiger partial charge on any atom is 0.392 e. The third-order valence-electron chi connectivity index (χ3n) is 4.16. The molecule has 0 fully saturated rings. The summed E-state index contributed by atoms with van der Waals surface area (Å²) in [5.41, 5.74) is 0.746. The van der Waals surface area contributed by atoms with E-state index in [-0.39, 0.29) is 30.2 Å². The van der Waals surface area contributed by atoms with E-state index in [0.29, 0.717) is 17.9 Å². The molecule has 0 saturated carbocycles. The van der Waals surface area contributed by atoms with Gasteiger partial charge in [-0.1, -0.05) is 12.1 Å². The molecule has 2 aromatic rings. The Hall–Kier alpha value is -3.53. The molecule has 0 heterocycles. The monoisotopic (exact) mass is 466 g/mol. The molecule has 7 nitrogen and oxygen atoms in total. The van der Waals surface area contributed by atoms with Crippen LogP contribution < -0.4 is 20.1 Å². The first kappa shape index (κ1) is 25.7. The van der Waals surface area contributed by atoms with Crippen molar-refractivity contribution in [3.8, 4) is 11.5 Å². The summed E-state index contributed by atoms with van der Waals surface area (Å²) in [5, 5.41) is 13.9. The Bertz CT molecular complexity index is 942. The fourth-order valence-corrected chi connectivity index (χ4v) is 2.60. The van der Waals surface area contributed by atoms with Gasteiger partial charge in [0, 0.05) is 12.1 Å². The second-order valence-electron chi connectivity index (χ2n) is 6.73. The van der Waals surface area contributed by atoms with Crippen LogP contribution in [0.5, 0.6) is 11.5 Å². The van der Waals surface area contributed by atoms with Gasteiger partial charge in [0.2, 0.25) is 0 Å². The average molecular weight is 466 g/mol. The van der Waals surface area contributed by atoms with Gasteiger partial charge < -0.3 is 25.2 Å². The molecule has 0 bridgehead atoms. The molecule has 33 heavy (non-hydrogen) atoms. The lowest BCUT2D eigenvalue weighted by Gasteiger charge is -2.12. The number of ether oxygens (including phenoxy) is 2. The van der Waals surface area contributed by atoms with Crippen LogP contribution in [0.1, 0.15) is 29.3 Å². The first-order chi connectivity index (χ1) is 15.7. The molecule has 3 N–H and O–H groups in total. The van der Waals surface area contributed by atoms with Gasteiger partial charge in [-0.3, -0.25) is 9.59 Å². The number of alkyl halides is 3. The Labute approximate surface area is 189 Å². The van der Waals surface area contributed by atoms with Gasteiger partial charge in [-0.15, -0.1) is 0 Å². The lowest BCUT2D eigenvalue weighted by molar-refractivity contribution is -0.139. The highest BCUT2D eigenvalue weighted by Gasteiger charge is 2.26. The fraction of sp³-hybridized carbons (Fsp3) is 0.304. The summed E-state index contributed by atoms with van der Waals surface area (Å²) in [6.45, 7) is 1.56. The van der Waals surface area contributed by atoms with Gasteiger partial charge in [-0.05, 0) is 55.0 Å². The molecular weight excluding hydrogens is 441 g/mol. The van der Waals surface area contributed by atoms with Crippen LogP contribution in [0.15, 0.2) is 54.2 Å². The van der Waals surface area contributed by atoms with Gasteiger partial charge in [-0.25, -0.2) is 0 Å². The summed E-state index contributed by atoms with van der Waals surface area (Å²) in [4.78, 5) is 25.1. The highest BCUT2D eigenvalue weighted by atomic mass is 19.4. The van der Waals surface area contributed by atoms with E-state index in [2.05, 4.69) is 10.6 Å². The number of halogens is 3. The van der Waals surface area contributed by atoms with Crippen LogP contribution >= 0.6 is 0 Å². The summed E-state index contributed by atoms with van der Waals surface area (Å²) < 4.78 is 47.0. The van der Waals surface area contributed by atoms with E-state index in [1.807, 2.05) is 6.92 Å². The molecule has 0 saturated heterocycles. The molecule has 0 radical (unpaired) electrons. The predicted molar refractivity (Wildman–Crippen MR) is 116 cm³/mol. The van der Waals surface area contributed by atoms with Gasteiger partial charge in [-0.2, -0.15) is 13.2 Å². The average Bonchev–Trinajstić information content (AvgIpc) is 2.78. The van der Waals surface area contributed by atoms with Crippen LogP contribution in [0.4, 0.5) is 13.2 Å². The Balaban J connectivity index is 2.11. The summed E-state index contributed by atoms with van der Waals surface area (Å²) in [6.07, 6.45) is -3.94. The number of aliphatic hydroxyl groups excluding tert-OH is 1. The van der Waals surface area contributed by atoms with E-state index >= 15 is 0 Å². The van der Waals surface area contributed by atoms with Crippen molar-refractivity contribution in [1.82, 2.24) is 10.6 Å². The highest BCUT2D eigenvalue weighted by molar-refractivity contribution is 6.05. The molecule has 0 aliphatic heterocycles. The number of nitrogens with one attached hydrogen (secondary N) is 2. The molecule has 0 aliphatic carbocycles. The molecule has 0 unspecified atom stereocenters. The summed E-state index contributed by atoms with van der Waals surface area (Å²) in [7, 11) is 0. The zero-order valence-electron chi connectivity index (χ0n) is 17.9. The number of carbonyl (C=O) groups excluding carboxylic acids is 2. The van der Waals surface area contributed by atoms with Crippen LogP contribution in [0.3, 0.4) is 0 Å². The minimum atomic E-state index is -4.32. The summed E-state index contributed by atoms with van der Waals surface area (Å²) >= 11 is 0. The molecule has 0 aliphatic rings. The van der Waals surface area contributed by atoms with E-state index in [0.717, 1.165) is 0 Å². The molecule has 2 aromatic carbocycles. The number of carbonyl (C=O) groups is 2. The molecule has 0 aromatic heterocycles. The van der Waals surface area contributed by atoms with Crippen LogP contribution in [0.25, 0.3) is 6.08 Å². The zero-order valence-corrected chi connectivity index (χ0v) is 17.9. The van der Waals surface area contributed by atoms with Gasteiger partial charge in [0.1, 0.15) is 17.2 Å². The maximum atomic E-state index is 12.6. The van der Waals surface area contributed by atoms with Gasteiger partial charge in [0.25, 0.3) is 11.8 Å². The molecular formula is C23H25F3N2O5. The maximum absolute atomic E-state index is 12.6. The van der Waals surface area contributed by atoms with Crippen molar-refractivity contribution in [2.24, 2.45) is 0 Å². The Kier molecular flexibility index (Phi) is 9.74. The number of hydrogen-bond donors (Lipinski definition) is 3. The summed E-state index contributed by atoms with van der Waals surface area (Å²) in [6, 6.07) is 12.3. The smallest absolute Gasteiger partial charge is 0.392 e. The lowest BCUT2D eigenvalue weighted by atomic mass is 10.1. The number of hydrogen-bond acceptors (Lipinski definition) is 5. The minimum Gasteiger partial charge on any atom is -0.494 e. The Morgan fingerprint density at radius 2 is 1.61 bits per heavy atom. The van der Waals surface area contributed by atoms with Crippen LogP contribution in [0, 0.1) is 0 Å². The van der Waals surface area contributed by atoms with Crippen LogP contribution in [-0.2, 0) is 4.79 Å². The van der Waals surface area contributed by atoms with Crippen molar-refractivity contribution < 1.29 is 37.3 Å². The van der Waals surface area contributed by atoms with E-state index < -0.39 is 31.0 Å². The van der Waals surface area contributed by atoms with Crippen molar-refractivity contribution in [2.45, 2.75) is 19.5 Å². The minimum absolute atomic E-state index is 0.000711. The first-order valence-corrected chi connectivity index (χ1v) is 10.2. The summed E-state index contributed by atoms with van der Waals surface area (Å²) in [5.74, 6) is -0.365. The van der Waals surface area contributed by atoms with E-state index in [9.17, 15) is 22.8 Å². The molecule has 0 atom stereocenters. The van der Waals surface area contributed by atoms with E-state index in [1.165, 1.54) is 30.3 Å². The fourth-order valence-electron chi connectivity index (χ4n) is 2.60. The van der Waals surface area contributed by atoms with E-state index in [4.69, 9.17) is 14.6 Å². The second kappa shape index (κ2) is 12.5. The predicted octanol–water partition coefficient (Wildman–Crippen LogP) is 3.30. The van der Waals surface area contributed by atoms with Crippen molar-refractivity contribution in [2.75, 3.05) is 26.4 Å². The molecule has 2 rings (SSSR count). The van der Waals surface area contributed by atoms with Crippen molar-refractivity contribution in [3.63, 3.8) is 0 Å². The van der Waals surface area contributed by atoms with Gasteiger partial charge in [0.05, 0.1) is 26.2 Å². The van der Waals surface area contributed by atoms with Crippen molar-refractivity contribution in [1.29, 1.82) is 0 Å². The van der Waals surface area contributed by atoms with Crippen molar-refractivity contribution >= 4 is 17.9 Å². The lowest BCUT2D eigenvalue weighted by Crippen LogP contribution is -2.36. The highest BCUT2D eigenvalue weighted by Crippen LogP contribution is 2.21. The topological polar surface area (TPSA) is 96.9 Å². The molecule has 10 heteroatoms. The van der Waals surface area contributed by atoms with Gasteiger partial charge >= 0.3 is 6.18 Å². The zero-order chi connectivity index (χ0) is 24.3. The third-order valence-corrected chi connectivity index (χ3v) is 4.16. The quantitative estimate of drug-likeness (QED) is 0.442. The SMILES string of the molecule is CCOc1ccc(C=C(NC(=O)c2ccc(OCCC(F)(F)F)cc2)C(=O)NCCO)cc1. The van der Waals surface area contributed by atoms with Crippen LogP contribution in [0.2, 0.25) is 0 Å². The van der Waals surface area contributed by atoms with Gasteiger partial charge in [0.15, 0.2) is 0 Å². The molecule has 0 spiro atoms. The molecule has 178 valence electrons. The Morgan fingerprint density at radius 1 is 1.00 bits per heavy atom.